The molecule has 1 fully saturated rings. The number of hydrogen-bond acceptors (Lipinski definition) is 4. The monoisotopic (exact) mass is 366 g/mol. The van der Waals surface area contributed by atoms with E-state index < -0.39 is 12.1 Å². The van der Waals surface area contributed by atoms with E-state index in [1.54, 1.807) is 26.8 Å². The Bertz CT molecular complexity index is 639. The predicted molar refractivity (Wildman–Crippen MR) is 97.7 cm³/mol. The Morgan fingerprint density at radius 2 is 2.00 bits per heavy atom. The zero-order valence-corrected chi connectivity index (χ0v) is 16.3. The van der Waals surface area contributed by atoms with E-state index in [9.17, 15) is 9.59 Å². The predicted octanol–water partition coefficient (Wildman–Crippen LogP) is 3.84. The third kappa shape index (κ3) is 4.72. The summed E-state index contributed by atoms with van der Waals surface area (Å²) in [5.74, 6) is 0.103. The Hall–Kier alpha value is -1.62. The molecule has 6 heteroatoms. The Balaban J connectivity index is 2.00. The minimum absolute atomic E-state index is 0.102. The molecule has 0 spiro atoms. The first kappa shape index (κ1) is 19.7. The van der Waals surface area contributed by atoms with Gasteiger partial charge in [-0.2, -0.15) is 0 Å². The average molecular weight is 367 g/mol. The number of carbonyl (C=O) groups excluding carboxylic acids is 2. The van der Waals surface area contributed by atoms with Crippen molar-refractivity contribution in [2.75, 3.05) is 0 Å². The maximum atomic E-state index is 12.4. The molecule has 0 aliphatic heterocycles. The summed E-state index contributed by atoms with van der Waals surface area (Å²) in [6.45, 7) is 9.52. The van der Waals surface area contributed by atoms with Crippen molar-refractivity contribution in [2.45, 2.75) is 66.0 Å². The van der Waals surface area contributed by atoms with Gasteiger partial charge in [0.1, 0.15) is 5.15 Å². The molecule has 1 saturated carbocycles. The topological polar surface area (TPSA) is 68.3 Å². The SMILES string of the molecule is Cc1cc(C)c(C(=O)O[C@H](C)C(=O)N[C@@H]2CCC[C@@H](C)[C@H]2C)c(Cl)n1. The third-order valence-electron chi connectivity index (χ3n) is 5.19. The lowest BCUT2D eigenvalue weighted by Crippen LogP contribution is -2.47. The molecule has 1 aromatic rings. The summed E-state index contributed by atoms with van der Waals surface area (Å²) >= 11 is 6.07. The lowest BCUT2D eigenvalue weighted by atomic mass is 9.78. The summed E-state index contributed by atoms with van der Waals surface area (Å²) in [4.78, 5) is 28.9. The second kappa shape index (κ2) is 8.17. The lowest BCUT2D eigenvalue weighted by molar-refractivity contribution is -0.130. The summed E-state index contributed by atoms with van der Waals surface area (Å²) in [7, 11) is 0. The maximum absolute atomic E-state index is 12.4. The molecule has 2 rings (SSSR count). The number of pyridine rings is 1. The van der Waals surface area contributed by atoms with Crippen LogP contribution in [0.3, 0.4) is 0 Å². The van der Waals surface area contributed by atoms with Crippen LogP contribution in [0.15, 0.2) is 6.07 Å². The van der Waals surface area contributed by atoms with Gasteiger partial charge in [0.15, 0.2) is 6.10 Å². The van der Waals surface area contributed by atoms with Crippen LogP contribution >= 0.6 is 11.6 Å². The van der Waals surface area contributed by atoms with Gasteiger partial charge >= 0.3 is 5.97 Å². The molecule has 1 amide bonds. The molecule has 138 valence electrons. The molecule has 1 heterocycles. The van der Waals surface area contributed by atoms with Crippen LogP contribution in [0, 0.1) is 25.7 Å². The zero-order valence-electron chi connectivity index (χ0n) is 15.6. The van der Waals surface area contributed by atoms with Crippen LogP contribution in [-0.2, 0) is 9.53 Å². The summed E-state index contributed by atoms with van der Waals surface area (Å²) in [5.41, 5.74) is 1.63. The van der Waals surface area contributed by atoms with Crippen molar-refractivity contribution >= 4 is 23.5 Å². The Morgan fingerprint density at radius 1 is 1.32 bits per heavy atom. The van der Waals surface area contributed by atoms with E-state index in [-0.39, 0.29) is 22.7 Å². The summed E-state index contributed by atoms with van der Waals surface area (Å²) in [6, 6.07) is 1.89. The molecule has 0 unspecified atom stereocenters. The minimum atomic E-state index is -0.881. The molecule has 1 aliphatic rings. The van der Waals surface area contributed by atoms with Crippen LogP contribution in [0.4, 0.5) is 0 Å². The van der Waals surface area contributed by atoms with Crippen molar-refractivity contribution in [3.8, 4) is 0 Å². The van der Waals surface area contributed by atoms with Crippen LogP contribution in [0.5, 0.6) is 0 Å². The molecule has 0 aromatic carbocycles. The molecule has 0 saturated heterocycles. The van der Waals surface area contributed by atoms with Gasteiger partial charge in [-0.05, 0) is 50.7 Å². The first-order chi connectivity index (χ1) is 11.7. The number of hydrogen-bond donors (Lipinski definition) is 1. The minimum Gasteiger partial charge on any atom is -0.449 e. The Morgan fingerprint density at radius 3 is 2.64 bits per heavy atom. The van der Waals surface area contributed by atoms with Crippen LogP contribution in [-0.4, -0.2) is 29.0 Å². The number of nitrogens with one attached hydrogen (secondary N) is 1. The highest BCUT2D eigenvalue weighted by Gasteiger charge is 2.30. The van der Waals surface area contributed by atoms with Crippen molar-refractivity contribution in [1.82, 2.24) is 10.3 Å². The highest BCUT2D eigenvalue weighted by Crippen LogP contribution is 2.29. The maximum Gasteiger partial charge on any atom is 0.342 e. The highest BCUT2D eigenvalue weighted by atomic mass is 35.5. The van der Waals surface area contributed by atoms with Crippen molar-refractivity contribution in [2.24, 2.45) is 11.8 Å². The number of carbonyl (C=O) groups is 2. The standard InChI is InChI=1S/C19H27ClN2O3/c1-10-7-6-8-15(13(10)4)22-18(23)14(5)25-19(24)16-11(2)9-12(3)21-17(16)20/h9-10,13-15H,6-8H2,1-5H3,(H,22,23)/t10-,13-,14-,15-/m1/s1. The van der Waals surface area contributed by atoms with Gasteiger partial charge in [-0.3, -0.25) is 4.79 Å². The quantitative estimate of drug-likeness (QED) is 0.649. The molecule has 0 radical (unpaired) electrons. The molecular weight excluding hydrogens is 340 g/mol. The van der Waals surface area contributed by atoms with Crippen LogP contribution in [0.2, 0.25) is 5.15 Å². The van der Waals surface area contributed by atoms with E-state index in [0.29, 0.717) is 17.4 Å². The van der Waals surface area contributed by atoms with Crippen molar-refractivity contribution in [3.63, 3.8) is 0 Å². The van der Waals surface area contributed by atoms with E-state index >= 15 is 0 Å². The molecular formula is C19H27ClN2O3. The molecule has 25 heavy (non-hydrogen) atoms. The van der Waals surface area contributed by atoms with Crippen LogP contribution < -0.4 is 5.32 Å². The van der Waals surface area contributed by atoms with E-state index in [0.717, 1.165) is 18.5 Å². The van der Waals surface area contributed by atoms with E-state index in [4.69, 9.17) is 16.3 Å². The smallest absolute Gasteiger partial charge is 0.342 e. The van der Waals surface area contributed by atoms with Crippen molar-refractivity contribution < 1.29 is 14.3 Å². The Labute approximate surface area is 154 Å². The van der Waals surface area contributed by atoms with Gasteiger partial charge in [0.05, 0.1) is 5.56 Å². The van der Waals surface area contributed by atoms with Gasteiger partial charge in [-0.15, -0.1) is 0 Å². The number of esters is 1. The number of ether oxygens (including phenoxy) is 1. The fraction of sp³-hybridized carbons (Fsp3) is 0.632. The molecule has 1 N–H and O–H groups in total. The van der Waals surface area contributed by atoms with Crippen LogP contribution in [0.25, 0.3) is 0 Å². The number of rotatable bonds is 4. The average Bonchev–Trinajstić information content (AvgIpc) is 2.50. The number of amides is 1. The van der Waals surface area contributed by atoms with Gasteiger partial charge in [0.25, 0.3) is 5.91 Å². The summed E-state index contributed by atoms with van der Waals surface area (Å²) < 4.78 is 5.33. The number of nitrogens with zero attached hydrogens (tertiary/aromatic N) is 1. The Kier molecular flexibility index (Phi) is 6.44. The second-order valence-corrected chi connectivity index (χ2v) is 7.53. The van der Waals surface area contributed by atoms with E-state index in [1.165, 1.54) is 6.42 Å². The highest BCUT2D eigenvalue weighted by molar-refractivity contribution is 6.32. The van der Waals surface area contributed by atoms with Crippen molar-refractivity contribution in [1.29, 1.82) is 0 Å². The number of aromatic nitrogens is 1. The molecule has 1 aliphatic carbocycles. The zero-order chi connectivity index (χ0) is 18.7. The van der Waals surface area contributed by atoms with E-state index in [1.807, 2.05) is 0 Å². The molecule has 5 nitrogen and oxygen atoms in total. The molecule has 1 aromatic heterocycles. The van der Waals surface area contributed by atoms with Gasteiger partial charge in [0, 0.05) is 11.7 Å². The van der Waals surface area contributed by atoms with Crippen molar-refractivity contribution in [3.05, 3.63) is 28.0 Å². The summed E-state index contributed by atoms with van der Waals surface area (Å²) in [6.07, 6.45) is 2.38. The number of aryl methyl sites for hydroxylation is 2. The fourth-order valence-electron chi connectivity index (χ4n) is 3.40. The van der Waals surface area contributed by atoms with Gasteiger partial charge in [-0.25, -0.2) is 9.78 Å². The lowest BCUT2D eigenvalue weighted by Gasteiger charge is -2.35. The van der Waals surface area contributed by atoms with Gasteiger partial charge in [0.2, 0.25) is 0 Å². The normalized spacial score (nSPS) is 24.5. The third-order valence-corrected chi connectivity index (χ3v) is 5.47. The van der Waals surface area contributed by atoms with E-state index in [2.05, 4.69) is 24.1 Å². The fourth-order valence-corrected chi connectivity index (χ4v) is 3.75. The summed E-state index contributed by atoms with van der Waals surface area (Å²) in [5, 5.41) is 3.13. The number of halogens is 1. The first-order valence-corrected chi connectivity index (χ1v) is 9.23. The molecule has 4 atom stereocenters. The van der Waals surface area contributed by atoms with Gasteiger partial charge < -0.3 is 10.1 Å². The first-order valence-electron chi connectivity index (χ1n) is 8.85. The van der Waals surface area contributed by atoms with Crippen LogP contribution in [0.1, 0.15) is 61.6 Å². The molecule has 0 bridgehead atoms. The second-order valence-electron chi connectivity index (χ2n) is 7.18. The largest absolute Gasteiger partial charge is 0.449 e. The van der Waals surface area contributed by atoms with Gasteiger partial charge in [-0.1, -0.05) is 38.3 Å².